The smallest absolute Gasteiger partial charge is 0.271 e. The highest BCUT2D eigenvalue weighted by Gasteiger charge is 2.12. The molecule has 9 nitrogen and oxygen atoms in total. The molecule has 0 aliphatic carbocycles. The number of rotatable bonds is 7. The van der Waals surface area contributed by atoms with E-state index in [4.69, 9.17) is 14.2 Å². The number of amides is 1. The fourth-order valence-corrected chi connectivity index (χ4v) is 2.14. The standard InChI is InChI=1S/C17H17N3O6/c1-24-14-9-16(26-3)15(25-2)8-12(14)10-18-19-17(21)11-5-4-6-13(7-11)20(22)23/h4-10H,1-3H3,(H,19,21)/b18-10-. The molecule has 9 heteroatoms. The van der Waals surface area contributed by atoms with Crippen molar-refractivity contribution in [2.24, 2.45) is 5.10 Å². The van der Waals surface area contributed by atoms with Crippen LogP contribution >= 0.6 is 0 Å². The van der Waals surface area contributed by atoms with E-state index >= 15 is 0 Å². The lowest BCUT2D eigenvalue weighted by Gasteiger charge is -2.11. The third kappa shape index (κ3) is 4.26. The zero-order valence-electron chi connectivity index (χ0n) is 14.4. The summed E-state index contributed by atoms with van der Waals surface area (Å²) in [5, 5.41) is 14.6. The highest BCUT2D eigenvalue weighted by Crippen LogP contribution is 2.33. The molecule has 0 aliphatic rings. The van der Waals surface area contributed by atoms with Gasteiger partial charge in [0.2, 0.25) is 0 Å². The molecule has 2 rings (SSSR count). The Kier molecular flexibility index (Phi) is 6.10. The number of nitro benzene ring substituents is 1. The van der Waals surface area contributed by atoms with Crippen LogP contribution in [0.1, 0.15) is 15.9 Å². The van der Waals surface area contributed by atoms with Gasteiger partial charge in [0, 0.05) is 29.3 Å². The molecular weight excluding hydrogens is 342 g/mol. The van der Waals surface area contributed by atoms with Crippen molar-refractivity contribution in [1.82, 2.24) is 5.43 Å². The summed E-state index contributed by atoms with van der Waals surface area (Å²) in [6.07, 6.45) is 1.37. The van der Waals surface area contributed by atoms with Gasteiger partial charge in [0.15, 0.2) is 11.5 Å². The summed E-state index contributed by atoms with van der Waals surface area (Å²) in [6.45, 7) is 0. The molecule has 0 atom stereocenters. The second-order valence-corrected chi connectivity index (χ2v) is 4.96. The lowest BCUT2D eigenvalue weighted by molar-refractivity contribution is -0.384. The number of benzene rings is 2. The van der Waals surface area contributed by atoms with Gasteiger partial charge in [-0.3, -0.25) is 14.9 Å². The second kappa shape index (κ2) is 8.47. The Labute approximate surface area is 149 Å². The summed E-state index contributed by atoms with van der Waals surface area (Å²) in [5.41, 5.74) is 2.80. The van der Waals surface area contributed by atoms with E-state index in [1.165, 1.54) is 51.8 Å². The largest absolute Gasteiger partial charge is 0.496 e. The van der Waals surface area contributed by atoms with E-state index in [0.717, 1.165) is 0 Å². The minimum absolute atomic E-state index is 0.121. The molecule has 0 radical (unpaired) electrons. The van der Waals surface area contributed by atoms with Crippen LogP contribution in [0.25, 0.3) is 0 Å². The molecule has 1 amide bonds. The molecule has 0 aliphatic heterocycles. The number of hydrogen-bond donors (Lipinski definition) is 1. The number of non-ortho nitro benzene ring substituents is 1. The fraction of sp³-hybridized carbons (Fsp3) is 0.176. The van der Waals surface area contributed by atoms with Crippen LogP contribution in [0.4, 0.5) is 5.69 Å². The molecule has 0 saturated heterocycles. The summed E-state index contributed by atoms with van der Waals surface area (Å²) in [6, 6.07) is 8.61. The third-order valence-corrected chi connectivity index (χ3v) is 3.42. The van der Waals surface area contributed by atoms with E-state index in [9.17, 15) is 14.9 Å². The van der Waals surface area contributed by atoms with Gasteiger partial charge in [-0.15, -0.1) is 0 Å². The number of nitro groups is 1. The van der Waals surface area contributed by atoms with Gasteiger partial charge in [-0.25, -0.2) is 5.43 Å². The van der Waals surface area contributed by atoms with Crippen LogP contribution in [0.3, 0.4) is 0 Å². The van der Waals surface area contributed by atoms with E-state index in [-0.39, 0.29) is 11.3 Å². The van der Waals surface area contributed by atoms with E-state index in [0.29, 0.717) is 22.8 Å². The Morgan fingerprint density at radius 1 is 1.08 bits per heavy atom. The van der Waals surface area contributed by atoms with Crippen molar-refractivity contribution < 1.29 is 23.9 Å². The average molecular weight is 359 g/mol. The van der Waals surface area contributed by atoms with Crippen LogP contribution in [0.5, 0.6) is 17.2 Å². The first kappa shape index (κ1) is 18.7. The molecule has 2 aromatic carbocycles. The summed E-state index contributed by atoms with van der Waals surface area (Å²) in [5.74, 6) is 0.849. The number of nitrogens with zero attached hydrogens (tertiary/aromatic N) is 2. The van der Waals surface area contributed by atoms with Crippen LogP contribution in [0, 0.1) is 10.1 Å². The number of carbonyl (C=O) groups is 1. The van der Waals surface area contributed by atoms with Gasteiger partial charge in [-0.05, 0) is 12.1 Å². The quantitative estimate of drug-likeness (QED) is 0.461. The monoisotopic (exact) mass is 359 g/mol. The summed E-state index contributed by atoms with van der Waals surface area (Å²) in [7, 11) is 4.49. The highest BCUT2D eigenvalue weighted by molar-refractivity contribution is 5.95. The van der Waals surface area contributed by atoms with Crippen LogP contribution in [-0.4, -0.2) is 38.4 Å². The molecule has 0 unspecified atom stereocenters. The summed E-state index contributed by atoms with van der Waals surface area (Å²) >= 11 is 0. The molecule has 1 N–H and O–H groups in total. The Morgan fingerprint density at radius 3 is 2.35 bits per heavy atom. The van der Waals surface area contributed by atoms with Gasteiger partial charge in [0.25, 0.3) is 11.6 Å². The molecule has 2 aromatic rings. The van der Waals surface area contributed by atoms with E-state index in [1.807, 2.05) is 0 Å². The number of nitrogens with one attached hydrogen (secondary N) is 1. The zero-order valence-corrected chi connectivity index (χ0v) is 14.4. The number of methoxy groups -OCH3 is 3. The maximum absolute atomic E-state index is 12.1. The van der Waals surface area contributed by atoms with Gasteiger partial charge in [-0.2, -0.15) is 5.10 Å². The topological polar surface area (TPSA) is 112 Å². The summed E-state index contributed by atoms with van der Waals surface area (Å²) in [4.78, 5) is 22.3. The van der Waals surface area contributed by atoms with Crippen LogP contribution in [0.15, 0.2) is 41.5 Å². The van der Waals surface area contributed by atoms with Gasteiger partial charge in [0.1, 0.15) is 5.75 Å². The number of hydrogen-bond acceptors (Lipinski definition) is 7. The molecule has 0 aromatic heterocycles. The normalized spacial score (nSPS) is 10.4. The van der Waals surface area contributed by atoms with E-state index < -0.39 is 10.8 Å². The average Bonchev–Trinajstić information content (AvgIpc) is 2.67. The van der Waals surface area contributed by atoms with Gasteiger partial charge >= 0.3 is 0 Å². The zero-order chi connectivity index (χ0) is 19.1. The predicted molar refractivity (Wildman–Crippen MR) is 94.3 cm³/mol. The second-order valence-electron chi connectivity index (χ2n) is 4.96. The van der Waals surface area contributed by atoms with E-state index in [2.05, 4.69) is 10.5 Å². The first-order valence-corrected chi connectivity index (χ1v) is 7.38. The lowest BCUT2D eigenvalue weighted by atomic mass is 10.2. The van der Waals surface area contributed by atoms with Crippen molar-refractivity contribution in [3.63, 3.8) is 0 Å². The Morgan fingerprint density at radius 2 is 1.73 bits per heavy atom. The highest BCUT2D eigenvalue weighted by atomic mass is 16.6. The Hall–Kier alpha value is -3.62. The summed E-state index contributed by atoms with van der Waals surface area (Å²) < 4.78 is 15.7. The first-order chi connectivity index (χ1) is 12.5. The lowest BCUT2D eigenvalue weighted by Crippen LogP contribution is -2.17. The molecule has 26 heavy (non-hydrogen) atoms. The van der Waals surface area contributed by atoms with E-state index in [1.54, 1.807) is 12.1 Å². The van der Waals surface area contributed by atoms with Gasteiger partial charge in [-0.1, -0.05) is 6.07 Å². The van der Waals surface area contributed by atoms with Crippen molar-refractivity contribution in [3.05, 3.63) is 57.6 Å². The third-order valence-electron chi connectivity index (χ3n) is 3.42. The van der Waals surface area contributed by atoms with Crippen molar-refractivity contribution in [3.8, 4) is 17.2 Å². The Balaban J connectivity index is 2.18. The Bertz CT molecular complexity index is 850. The maximum Gasteiger partial charge on any atom is 0.271 e. The van der Waals surface area contributed by atoms with Crippen LogP contribution < -0.4 is 19.6 Å². The van der Waals surface area contributed by atoms with Crippen molar-refractivity contribution in [1.29, 1.82) is 0 Å². The molecule has 0 spiro atoms. The molecular formula is C17H17N3O6. The van der Waals surface area contributed by atoms with Crippen LogP contribution in [0.2, 0.25) is 0 Å². The predicted octanol–water partition coefficient (Wildman–Crippen LogP) is 2.38. The molecule has 0 saturated carbocycles. The number of carbonyl (C=O) groups excluding carboxylic acids is 1. The molecule has 0 fully saturated rings. The number of ether oxygens (including phenoxy) is 3. The van der Waals surface area contributed by atoms with Gasteiger partial charge < -0.3 is 14.2 Å². The molecule has 0 heterocycles. The maximum atomic E-state index is 12.1. The molecule has 0 bridgehead atoms. The number of hydrazone groups is 1. The van der Waals surface area contributed by atoms with Crippen LogP contribution in [-0.2, 0) is 0 Å². The minimum Gasteiger partial charge on any atom is -0.496 e. The van der Waals surface area contributed by atoms with Crippen molar-refractivity contribution >= 4 is 17.8 Å². The minimum atomic E-state index is -0.579. The van der Waals surface area contributed by atoms with Crippen molar-refractivity contribution in [2.45, 2.75) is 0 Å². The molecule has 136 valence electrons. The SMILES string of the molecule is COc1cc(OC)c(OC)cc1/C=N\NC(=O)c1cccc([N+](=O)[O-])c1. The van der Waals surface area contributed by atoms with Crippen molar-refractivity contribution in [2.75, 3.05) is 21.3 Å². The fourth-order valence-electron chi connectivity index (χ4n) is 2.14. The first-order valence-electron chi connectivity index (χ1n) is 7.38. The van der Waals surface area contributed by atoms with Gasteiger partial charge in [0.05, 0.1) is 32.5 Å².